The van der Waals surface area contributed by atoms with Gasteiger partial charge in [-0.2, -0.15) is 0 Å². The average molecular weight is 403 g/mol. The lowest BCUT2D eigenvalue weighted by Gasteiger charge is -2.12. The van der Waals surface area contributed by atoms with Gasteiger partial charge in [-0.3, -0.25) is 9.78 Å². The van der Waals surface area contributed by atoms with E-state index >= 15 is 0 Å². The van der Waals surface area contributed by atoms with Crippen molar-refractivity contribution in [3.8, 4) is 11.5 Å². The molecule has 0 saturated heterocycles. The first-order valence-electron chi connectivity index (χ1n) is 10.2. The number of benzene rings is 2. The highest BCUT2D eigenvalue weighted by Gasteiger charge is 2.12. The number of fused-ring (bicyclic) bond motifs is 3. The van der Waals surface area contributed by atoms with Gasteiger partial charge in [-0.15, -0.1) is 0 Å². The topological polar surface area (TPSA) is 76.2 Å². The van der Waals surface area contributed by atoms with Gasteiger partial charge in [-0.05, 0) is 50.1 Å². The predicted octanol–water partition coefficient (Wildman–Crippen LogP) is 4.49. The van der Waals surface area contributed by atoms with E-state index in [2.05, 4.69) is 15.3 Å². The third-order valence-electron chi connectivity index (χ3n) is 4.92. The quantitative estimate of drug-likeness (QED) is 0.455. The number of aromatic amines is 1. The minimum atomic E-state index is -0.133. The van der Waals surface area contributed by atoms with E-state index in [-0.39, 0.29) is 5.91 Å². The number of nitrogens with one attached hydrogen (secondary N) is 2. The molecule has 30 heavy (non-hydrogen) atoms. The molecule has 4 rings (SSSR count). The van der Waals surface area contributed by atoms with Crippen molar-refractivity contribution in [1.82, 2.24) is 15.3 Å². The summed E-state index contributed by atoms with van der Waals surface area (Å²) in [6.45, 7) is 5.57. The molecule has 0 fully saturated rings. The molecule has 0 saturated carbocycles. The highest BCUT2D eigenvalue weighted by atomic mass is 16.5. The summed E-state index contributed by atoms with van der Waals surface area (Å²) in [5, 5.41) is 5.00. The van der Waals surface area contributed by atoms with Gasteiger partial charge in [-0.1, -0.05) is 24.3 Å². The number of H-pyrrole nitrogens is 1. The van der Waals surface area contributed by atoms with Crippen molar-refractivity contribution in [2.75, 3.05) is 19.8 Å². The summed E-state index contributed by atoms with van der Waals surface area (Å²) in [7, 11) is 0. The molecule has 0 spiro atoms. The molecule has 0 bridgehead atoms. The van der Waals surface area contributed by atoms with Crippen LogP contribution in [0.25, 0.3) is 21.8 Å². The minimum absolute atomic E-state index is 0.133. The highest BCUT2D eigenvalue weighted by Crippen LogP contribution is 2.28. The van der Waals surface area contributed by atoms with E-state index in [4.69, 9.17) is 9.47 Å². The maximum atomic E-state index is 12.6. The Hall–Kier alpha value is -3.54. The Morgan fingerprint density at radius 2 is 1.80 bits per heavy atom. The molecular formula is C24H25N3O3. The van der Waals surface area contributed by atoms with E-state index in [1.807, 2.05) is 62.4 Å². The Kier molecular flexibility index (Phi) is 5.84. The fourth-order valence-corrected chi connectivity index (χ4v) is 3.53. The van der Waals surface area contributed by atoms with Crippen molar-refractivity contribution < 1.29 is 14.3 Å². The van der Waals surface area contributed by atoms with Crippen LogP contribution in [0.5, 0.6) is 11.5 Å². The largest absolute Gasteiger partial charge is 0.490 e. The maximum Gasteiger partial charge on any atom is 0.267 e. The lowest BCUT2D eigenvalue weighted by molar-refractivity contribution is 0.0950. The summed E-state index contributed by atoms with van der Waals surface area (Å²) in [6.07, 6.45) is 2.46. The molecule has 2 heterocycles. The minimum Gasteiger partial charge on any atom is -0.490 e. The van der Waals surface area contributed by atoms with Crippen LogP contribution in [0.15, 0.2) is 54.7 Å². The zero-order valence-corrected chi connectivity index (χ0v) is 17.2. The molecule has 4 aromatic rings. The van der Waals surface area contributed by atoms with Gasteiger partial charge in [0.1, 0.15) is 5.69 Å². The SMILES string of the molecule is CCOc1ccc(CCNC(=O)c2cc3ccc4cccnc4c3[nH]2)cc1OCC. The molecule has 154 valence electrons. The molecule has 0 atom stereocenters. The van der Waals surface area contributed by atoms with Crippen LogP contribution >= 0.6 is 0 Å². The van der Waals surface area contributed by atoms with E-state index in [1.165, 1.54) is 0 Å². The van der Waals surface area contributed by atoms with Crippen molar-refractivity contribution >= 4 is 27.7 Å². The van der Waals surface area contributed by atoms with E-state index in [0.29, 0.717) is 31.9 Å². The Morgan fingerprint density at radius 3 is 2.63 bits per heavy atom. The number of hydrogen-bond donors (Lipinski definition) is 2. The molecule has 6 heteroatoms. The number of pyridine rings is 1. The van der Waals surface area contributed by atoms with Crippen molar-refractivity contribution in [3.05, 3.63) is 66.0 Å². The van der Waals surface area contributed by atoms with Crippen LogP contribution in [0.2, 0.25) is 0 Å². The summed E-state index contributed by atoms with van der Waals surface area (Å²) >= 11 is 0. The molecule has 0 radical (unpaired) electrons. The second kappa shape index (κ2) is 8.86. The third-order valence-corrected chi connectivity index (χ3v) is 4.92. The molecular weight excluding hydrogens is 378 g/mol. The number of hydrogen-bond acceptors (Lipinski definition) is 4. The molecule has 0 aliphatic carbocycles. The van der Waals surface area contributed by atoms with Crippen molar-refractivity contribution in [3.63, 3.8) is 0 Å². The maximum absolute atomic E-state index is 12.6. The van der Waals surface area contributed by atoms with Gasteiger partial charge in [0.2, 0.25) is 0 Å². The summed E-state index contributed by atoms with van der Waals surface area (Å²) < 4.78 is 11.3. The summed E-state index contributed by atoms with van der Waals surface area (Å²) in [6, 6.07) is 15.7. The molecule has 0 aliphatic heterocycles. The first kappa shape index (κ1) is 19.8. The van der Waals surface area contributed by atoms with Gasteiger partial charge < -0.3 is 19.8 Å². The molecule has 2 N–H and O–H groups in total. The van der Waals surface area contributed by atoms with Crippen LogP contribution in [0, 0.1) is 0 Å². The average Bonchev–Trinajstić information content (AvgIpc) is 3.21. The van der Waals surface area contributed by atoms with E-state index in [0.717, 1.165) is 38.9 Å². The number of carbonyl (C=O) groups is 1. The van der Waals surface area contributed by atoms with Gasteiger partial charge in [0.05, 0.1) is 24.2 Å². The van der Waals surface area contributed by atoms with E-state index < -0.39 is 0 Å². The monoisotopic (exact) mass is 403 g/mol. The molecule has 2 aromatic carbocycles. The number of aromatic nitrogens is 2. The molecule has 2 aromatic heterocycles. The fourth-order valence-electron chi connectivity index (χ4n) is 3.53. The highest BCUT2D eigenvalue weighted by molar-refractivity contribution is 6.07. The lowest BCUT2D eigenvalue weighted by Crippen LogP contribution is -2.25. The number of rotatable bonds is 8. The zero-order valence-electron chi connectivity index (χ0n) is 17.2. The van der Waals surface area contributed by atoms with Crippen LogP contribution in [0.4, 0.5) is 0 Å². The standard InChI is InChI=1S/C24H25N3O3/c1-3-29-20-10-7-16(14-21(20)30-4-2)11-13-26-24(28)19-15-18-9-8-17-6-5-12-25-22(17)23(18)27-19/h5-10,12,14-15,27H,3-4,11,13H2,1-2H3,(H,26,28). The van der Waals surface area contributed by atoms with E-state index in [1.54, 1.807) is 6.20 Å². The summed E-state index contributed by atoms with van der Waals surface area (Å²) in [5.74, 6) is 1.34. The summed E-state index contributed by atoms with van der Waals surface area (Å²) in [4.78, 5) is 20.3. The molecule has 0 unspecified atom stereocenters. The van der Waals surface area contributed by atoms with Gasteiger partial charge in [0.15, 0.2) is 11.5 Å². The molecule has 1 amide bonds. The third kappa shape index (κ3) is 4.08. The van der Waals surface area contributed by atoms with Gasteiger partial charge in [-0.25, -0.2) is 0 Å². The molecule has 0 aliphatic rings. The molecule has 6 nitrogen and oxygen atoms in total. The van der Waals surface area contributed by atoms with Gasteiger partial charge in [0.25, 0.3) is 5.91 Å². The van der Waals surface area contributed by atoms with Gasteiger partial charge >= 0.3 is 0 Å². The Bertz CT molecular complexity index is 1180. The number of ether oxygens (including phenoxy) is 2. The zero-order chi connectivity index (χ0) is 20.9. The normalized spacial score (nSPS) is 11.0. The predicted molar refractivity (Wildman–Crippen MR) is 118 cm³/mol. The number of carbonyl (C=O) groups excluding carboxylic acids is 1. The lowest BCUT2D eigenvalue weighted by atomic mass is 10.1. The van der Waals surface area contributed by atoms with Crippen LogP contribution in [-0.2, 0) is 6.42 Å². The van der Waals surface area contributed by atoms with Crippen molar-refractivity contribution in [2.45, 2.75) is 20.3 Å². The van der Waals surface area contributed by atoms with Crippen molar-refractivity contribution in [1.29, 1.82) is 0 Å². The van der Waals surface area contributed by atoms with Gasteiger partial charge in [0, 0.05) is 23.5 Å². The Morgan fingerprint density at radius 1 is 1.00 bits per heavy atom. The Labute approximate surface area is 175 Å². The fraction of sp³-hybridized carbons (Fsp3) is 0.250. The van der Waals surface area contributed by atoms with Crippen molar-refractivity contribution in [2.24, 2.45) is 0 Å². The number of nitrogens with zero attached hydrogens (tertiary/aromatic N) is 1. The second-order valence-electron chi connectivity index (χ2n) is 6.94. The number of amides is 1. The first-order valence-corrected chi connectivity index (χ1v) is 10.2. The van der Waals surface area contributed by atoms with Crippen LogP contribution in [0.1, 0.15) is 29.9 Å². The first-order chi connectivity index (χ1) is 14.7. The van der Waals surface area contributed by atoms with E-state index in [9.17, 15) is 4.79 Å². The van der Waals surface area contributed by atoms with Crippen LogP contribution < -0.4 is 14.8 Å². The second-order valence-corrected chi connectivity index (χ2v) is 6.94. The smallest absolute Gasteiger partial charge is 0.267 e. The summed E-state index contributed by atoms with van der Waals surface area (Å²) in [5.41, 5.74) is 3.36. The van der Waals surface area contributed by atoms with Crippen LogP contribution in [-0.4, -0.2) is 35.6 Å². The van der Waals surface area contributed by atoms with Crippen LogP contribution in [0.3, 0.4) is 0 Å². The Balaban J connectivity index is 1.44.